The van der Waals surface area contributed by atoms with Crippen LogP contribution in [0.2, 0.25) is 0 Å². The summed E-state index contributed by atoms with van der Waals surface area (Å²) < 4.78 is 5.25. The molecule has 1 aliphatic heterocycles. The fourth-order valence-electron chi connectivity index (χ4n) is 2.78. The van der Waals surface area contributed by atoms with Crippen LogP contribution in [0.3, 0.4) is 0 Å². The van der Waals surface area contributed by atoms with Crippen molar-refractivity contribution in [3.63, 3.8) is 0 Å². The Hall–Kier alpha value is -2.94. The van der Waals surface area contributed by atoms with E-state index in [1.807, 2.05) is 18.2 Å². The molecule has 0 amide bonds. The number of ether oxygens (including phenoxy) is 1. The van der Waals surface area contributed by atoms with Crippen LogP contribution in [0.5, 0.6) is 6.01 Å². The summed E-state index contributed by atoms with van der Waals surface area (Å²) in [5, 5.41) is 11.3. The number of benzene rings is 1. The maximum absolute atomic E-state index is 5.25. The van der Waals surface area contributed by atoms with Crippen molar-refractivity contribution in [3.05, 3.63) is 24.4 Å². The summed E-state index contributed by atoms with van der Waals surface area (Å²) in [6, 6.07) is 6.22. The van der Waals surface area contributed by atoms with Gasteiger partial charge in [-0.05, 0) is 25.2 Å². The Kier molecular flexibility index (Phi) is 4.06. The number of hydrogen-bond acceptors (Lipinski definition) is 8. The Morgan fingerprint density at radius 3 is 2.76 bits per heavy atom. The third kappa shape index (κ3) is 3.31. The molecule has 1 aliphatic rings. The number of rotatable bonds is 4. The van der Waals surface area contributed by atoms with Crippen molar-refractivity contribution in [3.8, 4) is 6.01 Å². The van der Waals surface area contributed by atoms with Gasteiger partial charge in [0.2, 0.25) is 11.9 Å². The van der Waals surface area contributed by atoms with Crippen LogP contribution in [0.1, 0.15) is 0 Å². The molecular weight excluding hydrogens is 320 g/mol. The minimum atomic E-state index is 0.300. The lowest BCUT2D eigenvalue weighted by molar-refractivity contribution is 0.310. The van der Waals surface area contributed by atoms with Crippen molar-refractivity contribution in [2.75, 3.05) is 50.6 Å². The molecule has 0 spiro atoms. The summed E-state index contributed by atoms with van der Waals surface area (Å²) in [6.07, 6.45) is 1.79. The van der Waals surface area contributed by atoms with Crippen LogP contribution in [0.15, 0.2) is 24.4 Å². The zero-order valence-corrected chi connectivity index (χ0v) is 14.2. The van der Waals surface area contributed by atoms with E-state index in [1.54, 1.807) is 13.3 Å². The van der Waals surface area contributed by atoms with Crippen LogP contribution in [-0.4, -0.2) is 70.4 Å². The Morgan fingerprint density at radius 2 is 1.96 bits per heavy atom. The average Bonchev–Trinajstić information content (AvgIpc) is 3.10. The fourth-order valence-corrected chi connectivity index (χ4v) is 2.78. The van der Waals surface area contributed by atoms with E-state index in [1.165, 1.54) is 0 Å². The van der Waals surface area contributed by atoms with Gasteiger partial charge in [0.1, 0.15) is 0 Å². The maximum Gasteiger partial charge on any atom is 0.322 e. The van der Waals surface area contributed by atoms with Crippen molar-refractivity contribution >= 4 is 28.5 Å². The second-order valence-corrected chi connectivity index (χ2v) is 6.03. The summed E-state index contributed by atoms with van der Waals surface area (Å²) in [7, 11) is 3.67. The number of piperazine rings is 1. The SMILES string of the molecule is COc1nc(Nc2ccc3cn[nH]c3c2)nc(N2CCN(C)CC2)n1. The summed E-state index contributed by atoms with van der Waals surface area (Å²) in [5.41, 5.74) is 1.82. The molecule has 0 aliphatic carbocycles. The van der Waals surface area contributed by atoms with Gasteiger partial charge in [-0.25, -0.2) is 0 Å². The average molecular weight is 340 g/mol. The fraction of sp³-hybridized carbons (Fsp3) is 0.375. The lowest BCUT2D eigenvalue weighted by Gasteiger charge is -2.32. The molecule has 1 fully saturated rings. The van der Waals surface area contributed by atoms with Gasteiger partial charge in [-0.15, -0.1) is 0 Å². The maximum atomic E-state index is 5.25. The molecular formula is C16H20N8O. The van der Waals surface area contributed by atoms with E-state index in [2.05, 4.69) is 47.3 Å². The Labute approximate surface area is 145 Å². The summed E-state index contributed by atoms with van der Waals surface area (Å²) in [6.45, 7) is 3.72. The van der Waals surface area contributed by atoms with E-state index < -0.39 is 0 Å². The topological polar surface area (TPSA) is 95.1 Å². The molecule has 3 heterocycles. The lowest BCUT2D eigenvalue weighted by atomic mass is 10.2. The molecule has 4 rings (SSSR count). The number of methoxy groups -OCH3 is 1. The van der Waals surface area contributed by atoms with E-state index in [-0.39, 0.29) is 0 Å². The van der Waals surface area contributed by atoms with E-state index >= 15 is 0 Å². The number of hydrogen-bond donors (Lipinski definition) is 2. The van der Waals surface area contributed by atoms with E-state index in [0.717, 1.165) is 42.8 Å². The van der Waals surface area contributed by atoms with Gasteiger partial charge in [0.05, 0.1) is 18.8 Å². The minimum absolute atomic E-state index is 0.300. The third-order valence-corrected chi connectivity index (χ3v) is 4.27. The standard InChI is InChI=1S/C16H20N8O/c1-23-5-7-24(8-6-23)15-19-14(20-16(21-15)25-2)18-12-4-3-11-10-17-22-13(11)9-12/h3-4,9-10H,5-8H2,1-2H3,(H,17,22)(H,18,19,20,21). The van der Waals surface area contributed by atoms with Gasteiger partial charge in [-0.2, -0.15) is 20.1 Å². The Morgan fingerprint density at radius 1 is 1.12 bits per heavy atom. The molecule has 9 nitrogen and oxygen atoms in total. The molecule has 25 heavy (non-hydrogen) atoms. The van der Waals surface area contributed by atoms with Gasteiger partial charge >= 0.3 is 6.01 Å². The quantitative estimate of drug-likeness (QED) is 0.733. The molecule has 1 aromatic carbocycles. The second kappa shape index (κ2) is 6.52. The van der Waals surface area contributed by atoms with Crippen LogP contribution in [-0.2, 0) is 0 Å². The predicted molar refractivity (Wildman–Crippen MR) is 95.5 cm³/mol. The van der Waals surface area contributed by atoms with Gasteiger partial charge in [-0.3, -0.25) is 5.10 Å². The zero-order valence-electron chi connectivity index (χ0n) is 14.2. The van der Waals surface area contributed by atoms with E-state index in [0.29, 0.717) is 17.9 Å². The van der Waals surface area contributed by atoms with Gasteiger partial charge < -0.3 is 19.9 Å². The molecule has 130 valence electrons. The Balaban J connectivity index is 1.60. The first-order valence-corrected chi connectivity index (χ1v) is 8.15. The highest BCUT2D eigenvalue weighted by molar-refractivity contribution is 5.82. The van der Waals surface area contributed by atoms with Crippen molar-refractivity contribution in [2.45, 2.75) is 0 Å². The molecule has 1 saturated heterocycles. The number of likely N-dealkylation sites (N-methyl/N-ethyl adjacent to an activating group) is 1. The van der Waals surface area contributed by atoms with Crippen molar-refractivity contribution in [1.29, 1.82) is 0 Å². The first kappa shape index (κ1) is 15.6. The van der Waals surface area contributed by atoms with Gasteiger partial charge in [-0.1, -0.05) is 0 Å². The molecule has 0 saturated carbocycles. The smallest absolute Gasteiger partial charge is 0.322 e. The second-order valence-electron chi connectivity index (χ2n) is 6.03. The van der Waals surface area contributed by atoms with Gasteiger partial charge in [0.15, 0.2) is 0 Å². The van der Waals surface area contributed by atoms with Crippen LogP contribution in [0, 0.1) is 0 Å². The summed E-state index contributed by atoms with van der Waals surface area (Å²) >= 11 is 0. The molecule has 2 aromatic heterocycles. The molecule has 2 N–H and O–H groups in total. The van der Waals surface area contributed by atoms with Crippen LogP contribution >= 0.6 is 0 Å². The number of fused-ring (bicyclic) bond motifs is 1. The van der Waals surface area contributed by atoms with Gasteiger partial charge in [0.25, 0.3) is 0 Å². The van der Waals surface area contributed by atoms with Crippen LogP contribution in [0.4, 0.5) is 17.6 Å². The van der Waals surface area contributed by atoms with Crippen molar-refractivity contribution in [2.24, 2.45) is 0 Å². The van der Waals surface area contributed by atoms with Gasteiger partial charge in [0, 0.05) is 37.3 Å². The zero-order chi connectivity index (χ0) is 17.2. The van der Waals surface area contributed by atoms with Crippen molar-refractivity contribution < 1.29 is 4.74 Å². The minimum Gasteiger partial charge on any atom is -0.467 e. The summed E-state index contributed by atoms with van der Waals surface area (Å²) in [5.74, 6) is 1.09. The normalized spacial score (nSPS) is 15.5. The number of nitrogens with one attached hydrogen (secondary N) is 2. The third-order valence-electron chi connectivity index (χ3n) is 4.27. The Bertz CT molecular complexity index is 871. The number of aromatic amines is 1. The number of aromatic nitrogens is 5. The largest absolute Gasteiger partial charge is 0.467 e. The molecule has 0 atom stereocenters. The highest BCUT2D eigenvalue weighted by Gasteiger charge is 2.19. The number of anilines is 3. The number of nitrogens with zero attached hydrogens (tertiary/aromatic N) is 6. The molecule has 0 unspecified atom stereocenters. The molecule has 9 heteroatoms. The van der Waals surface area contributed by atoms with E-state index in [9.17, 15) is 0 Å². The monoisotopic (exact) mass is 340 g/mol. The first-order valence-electron chi connectivity index (χ1n) is 8.15. The molecule has 0 bridgehead atoms. The molecule has 0 radical (unpaired) electrons. The van der Waals surface area contributed by atoms with Crippen molar-refractivity contribution in [1.82, 2.24) is 30.0 Å². The summed E-state index contributed by atoms with van der Waals surface area (Å²) in [4.78, 5) is 17.7. The van der Waals surface area contributed by atoms with E-state index in [4.69, 9.17) is 4.74 Å². The number of H-pyrrole nitrogens is 1. The van der Waals surface area contributed by atoms with Crippen LogP contribution < -0.4 is 15.0 Å². The predicted octanol–water partition coefficient (Wildman–Crippen LogP) is 1.25. The highest BCUT2D eigenvalue weighted by atomic mass is 16.5. The lowest BCUT2D eigenvalue weighted by Crippen LogP contribution is -2.45. The van der Waals surface area contributed by atoms with Crippen LogP contribution in [0.25, 0.3) is 10.9 Å². The molecule has 3 aromatic rings. The highest BCUT2D eigenvalue weighted by Crippen LogP contribution is 2.22. The first-order chi connectivity index (χ1) is 12.2.